The summed E-state index contributed by atoms with van der Waals surface area (Å²) in [7, 11) is 1.66. The van der Waals surface area contributed by atoms with Crippen molar-refractivity contribution in [3.63, 3.8) is 0 Å². The minimum atomic E-state index is 0.387. The van der Waals surface area contributed by atoms with E-state index in [0.717, 1.165) is 72.0 Å². The van der Waals surface area contributed by atoms with Crippen molar-refractivity contribution in [1.29, 1.82) is 0 Å². The average Bonchev–Trinajstić information content (AvgIpc) is 3.60. The van der Waals surface area contributed by atoms with Crippen LogP contribution in [0.25, 0.3) is 27.7 Å². The van der Waals surface area contributed by atoms with Gasteiger partial charge < -0.3 is 14.4 Å². The van der Waals surface area contributed by atoms with Crippen LogP contribution in [-0.4, -0.2) is 74.6 Å². The highest BCUT2D eigenvalue weighted by atomic mass is 16.5. The molecule has 7 heterocycles. The molecular weight excluding hydrogens is 516 g/mol. The molecule has 0 bridgehead atoms. The van der Waals surface area contributed by atoms with Gasteiger partial charge in [-0.15, -0.1) is 5.10 Å². The Balaban J connectivity index is 1.05. The molecule has 0 unspecified atom stereocenters. The lowest BCUT2D eigenvalue weighted by atomic mass is 9.72. The highest BCUT2D eigenvalue weighted by Crippen LogP contribution is 2.41. The summed E-state index contributed by atoms with van der Waals surface area (Å²) in [4.78, 5) is 14.4. The van der Waals surface area contributed by atoms with Crippen LogP contribution in [0.5, 0.6) is 11.6 Å². The molecule has 0 atom stereocenters. The van der Waals surface area contributed by atoms with E-state index in [1.807, 2.05) is 42.3 Å². The molecule has 5 aromatic heterocycles. The van der Waals surface area contributed by atoms with E-state index in [2.05, 4.69) is 54.3 Å². The number of aromatic amines is 1. The van der Waals surface area contributed by atoms with Crippen molar-refractivity contribution in [3.8, 4) is 22.8 Å². The number of fused-ring (bicyclic) bond motifs is 3. The number of hydrogen-bond donors (Lipinski definition) is 1. The highest BCUT2D eigenvalue weighted by Gasteiger charge is 2.38. The van der Waals surface area contributed by atoms with Crippen molar-refractivity contribution in [2.24, 2.45) is 5.41 Å². The Bertz CT molecular complexity index is 1640. The zero-order valence-corrected chi connectivity index (χ0v) is 23.7. The molecule has 1 N–H and O–H groups in total. The van der Waals surface area contributed by atoms with Crippen LogP contribution in [0, 0.1) is 5.41 Å². The Kier molecular flexibility index (Phi) is 6.70. The first-order valence-electron chi connectivity index (χ1n) is 14.5. The summed E-state index contributed by atoms with van der Waals surface area (Å²) in [5.41, 5.74) is 5.46. The molecule has 2 fully saturated rings. The number of nitrogens with zero attached hydrogens (tertiary/aromatic N) is 7. The molecule has 10 heteroatoms. The molecule has 10 nitrogen and oxygen atoms in total. The van der Waals surface area contributed by atoms with Gasteiger partial charge in [-0.25, -0.2) is 14.5 Å². The van der Waals surface area contributed by atoms with Crippen molar-refractivity contribution in [1.82, 2.24) is 34.7 Å². The molecule has 0 aliphatic carbocycles. The van der Waals surface area contributed by atoms with E-state index in [-0.39, 0.29) is 0 Å². The van der Waals surface area contributed by atoms with Gasteiger partial charge in [-0.3, -0.25) is 10.00 Å². The van der Waals surface area contributed by atoms with Gasteiger partial charge >= 0.3 is 0 Å². The van der Waals surface area contributed by atoms with Crippen molar-refractivity contribution >= 4 is 22.4 Å². The van der Waals surface area contributed by atoms with E-state index in [1.54, 1.807) is 7.11 Å². The lowest BCUT2D eigenvalue weighted by Crippen LogP contribution is -2.49. The van der Waals surface area contributed by atoms with Crippen molar-refractivity contribution < 1.29 is 9.47 Å². The Morgan fingerprint density at radius 2 is 1.90 bits per heavy atom. The molecule has 2 saturated heterocycles. The summed E-state index contributed by atoms with van der Waals surface area (Å²) in [6.45, 7) is 7.91. The molecule has 5 aromatic rings. The van der Waals surface area contributed by atoms with Gasteiger partial charge in [-0.2, -0.15) is 5.10 Å². The van der Waals surface area contributed by atoms with Crippen LogP contribution in [0.3, 0.4) is 0 Å². The smallest absolute Gasteiger partial charge is 0.212 e. The van der Waals surface area contributed by atoms with Crippen LogP contribution in [0.1, 0.15) is 38.2 Å². The number of ether oxygens (including phenoxy) is 2. The van der Waals surface area contributed by atoms with Crippen LogP contribution in [0.4, 0.5) is 5.82 Å². The fourth-order valence-electron chi connectivity index (χ4n) is 6.69. The first-order valence-corrected chi connectivity index (χ1v) is 14.5. The number of methoxy groups -OCH3 is 1. The van der Waals surface area contributed by atoms with Crippen LogP contribution >= 0.6 is 0 Å². The van der Waals surface area contributed by atoms with E-state index in [9.17, 15) is 0 Å². The second-order valence-electron chi connectivity index (χ2n) is 11.4. The van der Waals surface area contributed by atoms with E-state index in [1.165, 1.54) is 31.2 Å². The molecule has 7 rings (SSSR count). The first-order chi connectivity index (χ1) is 20.1. The van der Waals surface area contributed by atoms with E-state index in [0.29, 0.717) is 17.9 Å². The summed E-state index contributed by atoms with van der Waals surface area (Å²) >= 11 is 0. The number of anilines is 1. The Hall–Kier alpha value is -4.18. The second-order valence-corrected chi connectivity index (χ2v) is 11.4. The van der Waals surface area contributed by atoms with Gasteiger partial charge in [0.05, 0.1) is 37.0 Å². The van der Waals surface area contributed by atoms with Gasteiger partial charge in [0.2, 0.25) is 5.88 Å². The standard InChI is InChI=1S/C31H36N8O2/c1-3-41-24-15-25(29-26-18-34-35-30(26)36-39(29)20-24)23-6-7-27(32-17-23)38-13-10-31(11-14-38)9-4-12-37(21-31)19-22-5-8-28(40-2)33-16-22/h5-8,15-18,20H,3-4,9-14,19,21H2,1-2H3,(H,35,36). The Morgan fingerprint density at radius 3 is 2.66 bits per heavy atom. The number of likely N-dealkylation sites (tertiary alicyclic amines) is 1. The summed E-state index contributed by atoms with van der Waals surface area (Å²) in [5.74, 6) is 2.49. The Morgan fingerprint density at radius 1 is 1.00 bits per heavy atom. The van der Waals surface area contributed by atoms with E-state index >= 15 is 0 Å². The number of aromatic nitrogens is 6. The summed E-state index contributed by atoms with van der Waals surface area (Å²) in [6.07, 6.45) is 12.6. The van der Waals surface area contributed by atoms with E-state index in [4.69, 9.17) is 14.5 Å². The lowest BCUT2D eigenvalue weighted by molar-refractivity contribution is 0.0604. The van der Waals surface area contributed by atoms with Crippen molar-refractivity contribution in [2.45, 2.75) is 39.2 Å². The zero-order chi connectivity index (χ0) is 27.8. The third kappa shape index (κ3) is 4.97. The molecule has 0 radical (unpaired) electrons. The molecule has 0 saturated carbocycles. The molecule has 2 aliphatic heterocycles. The number of pyridine rings is 3. The van der Waals surface area contributed by atoms with Crippen molar-refractivity contribution in [3.05, 3.63) is 60.7 Å². The van der Waals surface area contributed by atoms with Gasteiger partial charge in [0.25, 0.3) is 0 Å². The summed E-state index contributed by atoms with van der Waals surface area (Å²) in [6, 6.07) is 10.5. The zero-order valence-electron chi connectivity index (χ0n) is 23.7. The third-order valence-electron chi connectivity index (χ3n) is 8.77. The van der Waals surface area contributed by atoms with Crippen LogP contribution in [0.15, 0.2) is 55.1 Å². The topological polar surface area (TPSA) is 96.7 Å². The van der Waals surface area contributed by atoms with Crippen LogP contribution in [-0.2, 0) is 6.54 Å². The van der Waals surface area contributed by atoms with Gasteiger partial charge in [0.1, 0.15) is 11.6 Å². The number of H-pyrrole nitrogens is 1. The SMILES string of the molecule is CCOc1cc(-c2ccc(N3CCC4(CCCN(Cc5ccc(OC)nc5)C4)CC3)nc2)c2c3cn[nH]c3nn2c1. The second kappa shape index (κ2) is 10.7. The lowest BCUT2D eigenvalue weighted by Gasteiger charge is -2.48. The largest absolute Gasteiger partial charge is 0.492 e. The van der Waals surface area contributed by atoms with Gasteiger partial charge in [0, 0.05) is 55.8 Å². The molecule has 41 heavy (non-hydrogen) atoms. The predicted molar refractivity (Wildman–Crippen MR) is 158 cm³/mol. The molecule has 0 aromatic carbocycles. The average molecular weight is 553 g/mol. The molecule has 1 spiro atoms. The fraction of sp³-hybridized carbons (Fsp3) is 0.419. The fourth-order valence-corrected chi connectivity index (χ4v) is 6.69. The molecule has 212 valence electrons. The maximum Gasteiger partial charge on any atom is 0.212 e. The van der Waals surface area contributed by atoms with Crippen LogP contribution < -0.4 is 14.4 Å². The van der Waals surface area contributed by atoms with E-state index < -0.39 is 0 Å². The molecular formula is C31H36N8O2. The number of nitrogens with one attached hydrogen (secondary N) is 1. The van der Waals surface area contributed by atoms with Gasteiger partial charge in [0.15, 0.2) is 5.65 Å². The summed E-state index contributed by atoms with van der Waals surface area (Å²) < 4.78 is 12.9. The quantitative estimate of drug-likeness (QED) is 0.303. The summed E-state index contributed by atoms with van der Waals surface area (Å²) in [5, 5.41) is 12.8. The van der Waals surface area contributed by atoms with Crippen LogP contribution in [0.2, 0.25) is 0 Å². The normalized spacial score (nSPS) is 17.5. The number of hydrogen-bond acceptors (Lipinski definition) is 8. The molecule has 0 amide bonds. The van der Waals surface area contributed by atoms with Gasteiger partial charge in [-0.05, 0) is 68.3 Å². The number of rotatable bonds is 7. The van der Waals surface area contributed by atoms with Gasteiger partial charge in [-0.1, -0.05) is 6.07 Å². The highest BCUT2D eigenvalue weighted by molar-refractivity contribution is 6.00. The first kappa shape index (κ1) is 25.8. The molecule has 2 aliphatic rings. The third-order valence-corrected chi connectivity index (χ3v) is 8.77. The van der Waals surface area contributed by atoms with Crippen molar-refractivity contribution in [2.75, 3.05) is 44.8 Å². The minimum Gasteiger partial charge on any atom is -0.492 e. The monoisotopic (exact) mass is 552 g/mol. The maximum absolute atomic E-state index is 5.85. The number of piperidine rings is 2. The Labute approximate surface area is 239 Å². The minimum absolute atomic E-state index is 0.387. The maximum atomic E-state index is 5.85. The predicted octanol–water partition coefficient (Wildman–Crippen LogP) is 4.96.